The molecule has 2 fully saturated rings. The lowest BCUT2D eigenvalue weighted by molar-refractivity contribution is -0.137. The Labute approximate surface area is 191 Å². The Balaban J connectivity index is 1.19. The molecule has 5 rings (SSSR count). The molecule has 32 heavy (non-hydrogen) atoms. The van der Waals surface area contributed by atoms with Gasteiger partial charge in [-0.1, -0.05) is 30.7 Å². The van der Waals surface area contributed by atoms with Gasteiger partial charge in [0.2, 0.25) is 5.96 Å². The number of rotatable bonds is 4. The van der Waals surface area contributed by atoms with E-state index >= 15 is 0 Å². The van der Waals surface area contributed by atoms with Crippen molar-refractivity contribution in [2.45, 2.75) is 36.4 Å². The fraction of sp³-hybridized carbons (Fsp3) is 0.458. The minimum atomic E-state index is -4.31. The van der Waals surface area contributed by atoms with Gasteiger partial charge in [-0.05, 0) is 60.2 Å². The van der Waals surface area contributed by atoms with Gasteiger partial charge in [0.05, 0.1) is 18.7 Å². The molecule has 1 saturated heterocycles. The molecule has 2 aromatic rings. The summed E-state index contributed by atoms with van der Waals surface area (Å²) in [4.78, 5) is 10.9. The number of guanidine groups is 1. The maximum Gasteiger partial charge on any atom is 0.416 e. The van der Waals surface area contributed by atoms with Crippen LogP contribution in [0.15, 0.2) is 58.4 Å². The minimum Gasteiger partial charge on any atom is -0.340 e. The minimum absolute atomic E-state index is 0.622. The Bertz CT molecular complexity index is 947. The Morgan fingerprint density at radius 1 is 0.812 bits per heavy atom. The van der Waals surface area contributed by atoms with Gasteiger partial charge in [0.15, 0.2) is 0 Å². The molecule has 0 radical (unpaired) electrons. The molecule has 2 aromatic carbocycles. The normalized spacial score (nSPS) is 20.4. The van der Waals surface area contributed by atoms with Crippen LogP contribution in [0.2, 0.25) is 0 Å². The molecule has 1 aliphatic carbocycles. The maximum absolute atomic E-state index is 12.8. The highest BCUT2D eigenvalue weighted by Gasteiger charge is 2.32. The molecule has 0 unspecified atom stereocenters. The van der Waals surface area contributed by atoms with Crippen LogP contribution in [0.25, 0.3) is 11.1 Å². The molecule has 3 aliphatic rings. The third-order valence-electron chi connectivity index (χ3n) is 6.58. The molecule has 8 heteroatoms. The lowest BCUT2D eigenvalue weighted by Crippen LogP contribution is -2.55. The summed E-state index contributed by atoms with van der Waals surface area (Å²) in [6, 6.07) is 14.1. The fourth-order valence-corrected chi connectivity index (χ4v) is 5.43. The molecule has 0 spiro atoms. The van der Waals surface area contributed by atoms with Crippen LogP contribution in [0.5, 0.6) is 0 Å². The summed E-state index contributed by atoms with van der Waals surface area (Å²) in [5.74, 6) is 1.08. The number of nitrogens with zero attached hydrogens (tertiary/aromatic N) is 4. The van der Waals surface area contributed by atoms with Crippen molar-refractivity contribution in [3.63, 3.8) is 0 Å². The van der Waals surface area contributed by atoms with Crippen molar-refractivity contribution < 1.29 is 13.2 Å². The average molecular weight is 461 g/mol. The Morgan fingerprint density at radius 2 is 1.44 bits per heavy atom. The van der Waals surface area contributed by atoms with E-state index in [1.54, 1.807) is 11.9 Å². The molecule has 0 aromatic heterocycles. The monoisotopic (exact) mass is 460 g/mol. The average Bonchev–Trinajstić information content (AvgIpc) is 3.21. The van der Waals surface area contributed by atoms with Gasteiger partial charge in [0, 0.05) is 37.1 Å². The Kier molecular flexibility index (Phi) is 6.07. The van der Waals surface area contributed by atoms with E-state index in [-0.39, 0.29) is 0 Å². The first-order valence-corrected chi connectivity index (χ1v) is 12.0. The zero-order chi connectivity index (χ0) is 22.1. The van der Waals surface area contributed by atoms with Crippen LogP contribution in [-0.4, -0.2) is 65.4 Å². The van der Waals surface area contributed by atoms with Crippen LogP contribution in [0.3, 0.4) is 0 Å². The van der Waals surface area contributed by atoms with Gasteiger partial charge in [0.1, 0.15) is 0 Å². The summed E-state index contributed by atoms with van der Waals surface area (Å²) in [6.07, 6.45) is -0.228. The lowest BCUT2D eigenvalue weighted by atomic mass is 9.91. The number of alkyl halides is 3. The summed E-state index contributed by atoms with van der Waals surface area (Å²) in [5.41, 5.74) is 1.07. The van der Waals surface area contributed by atoms with Gasteiger partial charge < -0.3 is 4.90 Å². The van der Waals surface area contributed by atoms with E-state index < -0.39 is 11.7 Å². The molecule has 0 atom stereocenters. The van der Waals surface area contributed by atoms with Gasteiger partial charge >= 0.3 is 6.18 Å². The zero-order valence-electron chi connectivity index (χ0n) is 17.9. The van der Waals surface area contributed by atoms with Gasteiger partial charge in [-0.3, -0.25) is 14.2 Å². The van der Waals surface area contributed by atoms with Crippen molar-refractivity contribution in [3.8, 4) is 11.1 Å². The van der Waals surface area contributed by atoms with E-state index in [4.69, 9.17) is 4.99 Å². The lowest BCUT2D eigenvalue weighted by Gasteiger charge is -2.44. The topological polar surface area (TPSA) is 22.1 Å². The van der Waals surface area contributed by atoms with Crippen molar-refractivity contribution in [1.29, 1.82) is 0 Å². The molecule has 170 valence electrons. The van der Waals surface area contributed by atoms with E-state index in [1.807, 2.05) is 24.3 Å². The Morgan fingerprint density at radius 3 is 2.00 bits per heavy atom. The third-order valence-corrected chi connectivity index (χ3v) is 7.63. The van der Waals surface area contributed by atoms with Crippen LogP contribution in [-0.2, 0) is 6.18 Å². The maximum atomic E-state index is 12.8. The predicted molar refractivity (Wildman–Crippen MR) is 123 cm³/mol. The zero-order valence-corrected chi connectivity index (χ0v) is 18.7. The van der Waals surface area contributed by atoms with Crippen molar-refractivity contribution in [2.24, 2.45) is 4.99 Å². The van der Waals surface area contributed by atoms with E-state index in [0.717, 1.165) is 79.4 Å². The largest absolute Gasteiger partial charge is 0.416 e. The molecular formula is C24H27F3N4S. The van der Waals surface area contributed by atoms with Crippen molar-refractivity contribution in [3.05, 3.63) is 54.1 Å². The third kappa shape index (κ3) is 4.62. The van der Waals surface area contributed by atoms with Crippen LogP contribution in [0.4, 0.5) is 13.2 Å². The van der Waals surface area contributed by atoms with Crippen LogP contribution < -0.4 is 0 Å². The van der Waals surface area contributed by atoms with Gasteiger partial charge in [-0.15, -0.1) is 0 Å². The SMILES string of the molecule is FC(F)(F)c1ccc(-c2ccc(SN3CCN=C3N3CCN(C4CCC4)CC3)cc2)cc1. The molecule has 2 aliphatic heterocycles. The number of benzene rings is 2. The molecule has 0 N–H and O–H groups in total. The van der Waals surface area contributed by atoms with E-state index in [1.165, 1.54) is 31.4 Å². The smallest absolute Gasteiger partial charge is 0.340 e. The molecule has 0 amide bonds. The number of halogens is 3. The van der Waals surface area contributed by atoms with Gasteiger partial charge in [-0.25, -0.2) is 0 Å². The first-order valence-electron chi connectivity index (χ1n) is 11.2. The van der Waals surface area contributed by atoms with Gasteiger partial charge in [-0.2, -0.15) is 13.2 Å². The first kappa shape index (κ1) is 21.6. The van der Waals surface area contributed by atoms with Gasteiger partial charge in [0.25, 0.3) is 0 Å². The molecule has 4 nitrogen and oxygen atoms in total. The summed E-state index contributed by atoms with van der Waals surface area (Å²) in [7, 11) is 0. The van der Waals surface area contributed by atoms with E-state index in [0.29, 0.717) is 0 Å². The van der Waals surface area contributed by atoms with Crippen LogP contribution in [0, 0.1) is 0 Å². The second kappa shape index (κ2) is 8.98. The second-order valence-electron chi connectivity index (χ2n) is 8.58. The quantitative estimate of drug-likeness (QED) is 0.583. The van der Waals surface area contributed by atoms with Crippen LogP contribution >= 0.6 is 11.9 Å². The van der Waals surface area contributed by atoms with Crippen molar-refractivity contribution >= 4 is 17.9 Å². The number of piperazine rings is 1. The molecule has 1 saturated carbocycles. The standard InChI is InChI=1S/C24H27F3N4S/c25-24(26,27)20-8-4-18(5-9-20)19-6-10-22(11-7-19)32-31-13-12-28-23(31)30-16-14-29(15-17-30)21-2-1-3-21/h4-11,21H,1-3,12-17H2. The number of aliphatic imine (C=N–C) groups is 1. The first-order chi connectivity index (χ1) is 15.5. The predicted octanol–water partition coefficient (Wildman–Crippen LogP) is 5.22. The summed E-state index contributed by atoms with van der Waals surface area (Å²) in [5, 5.41) is 0. The summed E-state index contributed by atoms with van der Waals surface area (Å²) >= 11 is 1.68. The highest BCUT2D eigenvalue weighted by molar-refractivity contribution is 7.97. The summed E-state index contributed by atoms with van der Waals surface area (Å²) in [6.45, 7) is 5.99. The second-order valence-corrected chi connectivity index (χ2v) is 9.68. The molecule has 2 heterocycles. The number of hydrogen-bond donors (Lipinski definition) is 0. The number of hydrogen-bond acceptors (Lipinski definition) is 5. The van der Waals surface area contributed by atoms with E-state index in [2.05, 4.69) is 14.1 Å². The van der Waals surface area contributed by atoms with E-state index in [9.17, 15) is 13.2 Å². The highest BCUT2D eigenvalue weighted by Crippen LogP contribution is 2.33. The highest BCUT2D eigenvalue weighted by atomic mass is 32.2. The molecular weight excluding hydrogens is 433 g/mol. The van der Waals surface area contributed by atoms with Crippen molar-refractivity contribution in [2.75, 3.05) is 39.3 Å². The molecule has 0 bridgehead atoms. The fourth-order valence-electron chi connectivity index (χ4n) is 4.49. The Hall–Kier alpha value is -2.19. The van der Waals surface area contributed by atoms with Crippen molar-refractivity contribution in [1.82, 2.24) is 14.1 Å². The van der Waals surface area contributed by atoms with Crippen LogP contribution in [0.1, 0.15) is 24.8 Å². The summed E-state index contributed by atoms with van der Waals surface area (Å²) < 4.78 is 40.6.